The molecule has 0 aromatic carbocycles. The first-order valence-electron chi connectivity index (χ1n) is 3.62. The second-order valence-corrected chi connectivity index (χ2v) is 3.90. The topological polar surface area (TPSA) is 38.0 Å². The van der Waals surface area contributed by atoms with Crippen LogP contribution in [0, 0.1) is 0 Å². The van der Waals surface area contributed by atoms with Gasteiger partial charge in [0.2, 0.25) is 0 Å². The van der Waals surface area contributed by atoms with E-state index in [1.165, 1.54) is 4.91 Å². The van der Waals surface area contributed by atoms with E-state index in [4.69, 9.17) is 5.73 Å². The van der Waals surface area contributed by atoms with Gasteiger partial charge >= 0.3 is 0 Å². The normalized spacial score (nSPS) is 27.5. The Labute approximate surface area is 66.2 Å². The van der Waals surface area contributed by atoms with Crippen LogP contribution in [0.4, 0.5) is 0 Å². The number of hydrogen-bond acceptors (Lipinski definition) is 3. The van der Waals surface area contributed by atoms with E-state index in [1.807, 2.05) is 18.0 Å². The zero-order valence-corrected chi connectivity index (χ0v) is 7.24. The first-order valence-corrected chi connectivity index (χ1v) is 4.50. The van der Waals surface area contributed by atoms with Crippen LogP contribution >= 0.6 is 11.8 Å². The monoisotopic (exact) mass is 158 g/mol. The molecule has 0 aliphatic carbocycles. The molecule has 0 saturated heterocycles. The summed E-state index contributed by atoms with van der Waals surface area (Å²) in [6, 6.07) is 0.238. The molecule has 0 aromatic rings. The maximum Gasteiger partial charge on any atom is 0.0733 e. The lowest BCUT2D eigenvalue weighted by Gasteiger charge is -2.08. The molecular formula is C7H14N2S. The van der Waals surface area contributed by atoms with Crippen LogP contribution in [0.5, 0.6) is 0 Å². The van der Waals surface area contributed by atoms with Gasteiger partial charge in [0.1, 0.15) is 0 Å². The van der Waals surface area contributed by atoms with Gasteiger partial charge in [-0.2, -0.15) is 0 Å². The Morgan fingerprint density at radius 3 is 3.00 bits per heavy atom. The van der Waals surface area contributed by atoms with Crippen LogP contribution in [0.25, 0.3) is 0 Å². The summed E-state index contributed by atoms with van der Waals surface area (Å²) < 4.78 is 0. The number of hydrogen-bond donors (Lipinski definition) is 2. The Morgan fingerprint density at radius 2 is 2.60 bits per heavy atom. The highest BCUT2D eigenvalue weighted by molar-refractivity contribution is 8.03. The highest BCUT2D eigenvalue weighted by Crippen LogP contribution is 2.27. The molecule has 0 fully saturated rings. The molecule has 0 amide bonds. The Morgan fingerprint density at radius 1 is 1.90 bits per heavy atom. The summed E-state index contributed by atoms with van der Waals surface area (Å²) in [5.41, 5.74) is 5.81. The second-order valence-electron chi connectivity index (χ2n) is 2.49. The predicted octanol–water partition coefficient (Wildman–Crippen LogP) is 1.25. The fraction of sp³-hybridized carbons (Fsp3) is 0.714. The van der Waals surface area contributed by atoms with Gasteiger partial charge in [-0.05, 0) is 13.3 Å². The third-order valence-corrected chi connectivity index (χ3v) is 2.76. The highest BCUT2D eigenvalue weighted by Gasteiger charge is 2.16. The third-order valence-electron chi connectivity index (χ3n) is 1.58. The molecule has 3 N–H and O–H groups in total. The number of thioether (sulfide) groups is 1. The molecule has 2 atom stereocenters. The molecule has 2 unspecified atom stereocenters. The van der Waals surface area contributed by atoms with Gasteiger partial charge in [0.25, 0.3) is 0 Å². The van der Waals surface area contributed by atoms with Gasteiger partial charge in [-0.15, -0.1) is 11.8 Å². The summed E-state index contributed by atoms with van der Waals surface area (Å²) in [5.74, 6) is 0. The first kappa shape index (κ1) is 7.95. The molecule has 0 radical (unpaired) electrons. The van der Waals surface area contributed by atoms with Gasteiger partial charge < -0.3 is 11.1 Å². The van der Waals surface area contributed by atoms with Crippen molar-refractivity contribution in [3.63, 3.8) is 0 Å². The molecule has 1 aliphatic heterocycles. The summed E-state index contributed by atoms with van der Waals surface area (Å²) >= 11 is 1.82. The molecule has 1 rings (SSSR count). The van der Waals surface area contributed by atoms with Crippen LogP contribution in [-0.2, 0) is 0 Å². The lowest BCUT2D eigenvalue weighted by Crippen LogP contribution is -2.19. The van der Waals surface area contributed by atoms with Crippen molar-refractivity contribution in [3.8, 4) is 0 Å². The fourth-order valence-electron chi connectivity index (χ4n) is 0.867. The number of rotatable bonds is 2. The quantitative estimate of drug-likeness (QED) is 0.635. The van der Waals surface area contributed by atoms with Crippen molar-refractivity contribution < 1.29 is 0 Å². The van der Waals surface area contributed by atoms with E-state index in [9.17, 15) is 0 Å². The van der Waals surface area contributed by atoms with Crippen molar-refractivity contribution in [2.45, 2.75) is 31.7 Å². The SMILES string of the molecule is CCC(N)C1=CNC(C)S1. The van der Waals surface area contributed by atoms with E-state index in [2.05, 4.69) is 19.2 Å². The van der Waals surface area contributed by atoms with E-state index in [1.54, 1.807) is 0 Å². The second kappa shape index (κ2) is 3.30. The molecule has 0 saturated carbocycles. The van der Waals surface area contributed by atoms with E-state index >= 15 is 0 Å². The van der Waals surface area contributed by atoms with Gasteiger partial charge in [-0.25, -0.2) is 0 Å². The molecule has 0 spiro atoms. The molecule has 10 heavy (non-hydrogen) atoms. The maximum atomic E-state index is 5.81. The van der Waals surface area contributed by atoms with Crippen molar-refractivity contribution in [1.29, 1.82) is 0 Å². The lowest BCUT2D eigenvalue weighted by atomic mass is 10.2. The van der Waals surface area contributed by atoms with Gasteiger partial charge in [-0.3, -0.25) is 0 Å². The van der Waals surface area contributed by atoms with Crippen molar-refractivity contribution in [2.75, 3.05) is 0 Å². The Balaban J connectivity index is 2.43. The van der Waals surface area contributed by atoms with Gasteiger partial charge in [0, 0.05) is 17.1 Å². The fourth-order valence-corrected chi connectivity index (χ4v) is 1.89. The average Bonchev–Trinajstić information content (AvgIpc) is 2.34. The molecule has 2 nitrogen and oxygen atoms in total. The van der Waals surface area contributed by atoms with Crippen molar-refractivity contribution in [1.82, 2.24) is 5.32 Å². The summed E-state index contributed by atoms with van der Waals surface area (Å²) in [4.78, 5) is 1.29. The zero-order chi connectivity index (χ0) is 7.56. The van der Waals surface area contributed by atoms with Crippen LogP contribution in [0.15, 0.2) is 11.1 Å². The van der Waals surface area contributed by atoms with Gasteiger partial charge in [0.15, 0.2) is 0 Å². The average molecular weight is 158 g/mol. The molecule has 1 aliphatic rings. The van der Waals surface area contributed by atoms with Crippen LogP contribution in [0.2, 0.25) is 0 Å². The Hall–Kier alpha value is -0.150. The molecule has 3 heteroatoms. The Bertz CT molecular complexity index is 145. The summed E-state index contributed by atoms with van der Waals surface area (Å²) in [7, 11) is 0. The van der Waals surface area contributed by atoms with E-state index in [0.29, 0.717) is 5.37 Å². The van der Waals surface area contributed by atoms with E-state index < -0.39 is 0 Å². The summed E-state index contributed by atoms with van der Waals surface area (Å²) in [6.07, 6.45) is 3.05. The van der Waals surface area contributed by atoms with E-state index in [-0.39, 0.29) is 6.04 Å². The maximum absolute atomic E-state index is 5.81. The summed E-state index contributed by atoms with van der Waals surface area (Å²) in [5, 5.41) is 3.71. The lowest BCUT2D eigenvalue weighted by molar-refractivity contribution is 0.769. The molecule has 58 valence electrons. The van der Waals surface area contributed by atoms with Crippen LogP contribution in [-0.4, -0.2) is 11.4 Å². The van der Waals surface area contributed by atoms with Crippen molar-refractivity contribution in [2.24, 2.45) is 5.73 Å². The minimum Gasteiger partial charge on any atom is -0.378 e. The molecular weight excluding hydrogens is 144 g/mol. The van der Waals surface area contributed by atoms with Crippen LogP contribution in [0.3, 0.4) is 0 Å². The molecule has 1 heterocycles. The predicted molar refractivity (Wildman–Crippen MR) is 46.5 cm³/mol. The largest absolute Gasteiger partial charge is 0.378 e. The van der Waals surface area contributed by atoms with Gasteiger partial charge in [-0.1, -0.05) is 6.92 Å². The third kappa shape index (κ3) is 1.67. The van der Waals surface area contributed by atoms with E-state index in [0.717, 1.165) is 6.42 Å². The van der Waals surface area contributed by atoms with Crippen LogP contribution in [0.1, 0.15) is 20.3 Å². The van der Waals surface area contributed by atoms with Gasteiger partial charge in [0.05, 0.1) is 5.37 Å². The first-order chi connectivity index (χ1) is 4.74. The van der Waals surface area contributed by atoms with Crippen molar-refractivity contribution in [3.05, 3.63) is 11.1 Å². The Kier molecular flexibility index (Phi) is 2.63. The number of nitrogens with one attached hydrogen (secondary N) is 1. The smallest absolute Gasteiger partial charge is 0.0733 e. The standard InChI is InChI=1S/C7H14N2S/c1-3-6(8)7-4-9-5(2)10-7/h4-6,9H,3,8H2,1-2H3. The molecule has 0 bridgehead atoms. The van der Waals surface area contributed by atoms with Crippen LogP contribution < -0.4 is 11.1 Å². The minimum absolute atomic E-state index is 0.238. The highest BCUT2D eigenvalue weighted by atomic mass is 32.2. The van der Waals surface area contributed by atoms with Crippen molar-refractivity contribution >= 4 is 11.8 Å². The number of nitrogens with two attached hydrogens (primary N) is 1. The minimum atomic E-state index is 0.238. The zero-order valence-electron chi connectivity index (χ0n) is 6.42. The molecule has 0 aromatic heterocycles. The summed E-state index contributed by atoms with van der Waals surface area (Å²) in [6.45, 7) is 4.24.